The first kappa shape index (κ1) is 17.5. The summed E-state index contributed by atoms with van der Waals surface area (Å²) in [7, 11) is 0. The highest BCUT2D eigenvalue weighted by molar-refractivity contribution is 6.06. The number of rotatable bonds is 6. The molecule has 0 atom stereocenters. The summed E-state index contributed by atoms with van der Waals surface area (Å²) in [5.74, 6) is 1.26. The van der Waals surface area contributed by atoms with Crippen LogP contribution in [0.5, 0.6) is 11.5 Å². The average Bonchev–Trinajstić information content (AvgIpc) is 2.60. The number of ether oxygens (including phenoxy) is 1. The van der Waals surface area contributed by atoms with Gasteiger partial charge in [-0.05, 0) is 42.3 Å². The van der Waals surface area contributed by atoms with Crippen LogP contribution in [0.25, 0.3) is 6.08 Å². The van der Waals surface area contributed by atoms with Crippen molar-refractivity contribution < 1.29 is 9.53 Å². The Kier molecular flexibility index (Phi) is 5.55. The van der Waals surface area contributed by atoms with Crippen molar-refractivity contribution in [1.29, 1.82) is 5.26 Å². The van der Waals surface area contributed by atoms with Crippen LogP contribution in [-0.4, -0.2) is 5.78 Å². The van der Waals surface area contributed by atoms with Crippen molar-refractivity contribution in [2.45, 2.75) is 27.2 Å². The zero-order chi connectivity index (χ0) is 17.6. The van der Waals surface area contributed by atoms with Gasteiger partial charge in [0.25, 0.3) is 0 Å². The molecule has 122 valence electrons. The Labute approximate surface area is 143 Å². The predicted molar refractivity (Wildman–Crippen MR) is 95.6 cm³/mol. The molecule has 0 aliphatic heterocycles. The van der Waals surface area contributed by atoms with E-state index in [2.05, 4.69) is 0 Å². The van der Waals surface area contributed by atoms with Gasteiger partial charge in [0.2, 0.25) is 0 Å². The van der Waals surface area contributed by atoms with Crippen LogP contribution in [0.1, 0.15) is 32.8 Å². The molecule has 0 heterocycles. The van der Waals surface area contributed by atoms with Crippen molar-refractivity contribution in [2.75, 3.05) is 0 Å². The van der Waals surface area contributed by atoms with E-state index in [1.807, 2.05) is 81.4 Å². The summed E-state index contributed by atoms with van der Waals surface area (Å²) in [6.45, 7) is 5.66. The smallest absolute Gasteiger partial charge is 0.178 e. The fourth-order valence-corrected chi connectivity index (χ4v) is 2.13. The third-order valence-corrected chi connectivity index (χ3v) is 4.01. The normalized spacial score (nSPS) is 11.7. The lowest BCUT2D eigenvalue weighted by Gasteiger charge is -2.20. The highest BCUT2D eigenvalue weighted by Crippen LogP contribution is 2.27. The second-order valence-electron chi connectivity index (χ2n) is 6.22. The number of para-hydroxylation sites is 1. The van der Waals surface area contributed by atoms with E-state index in [4.69, 9.17) is 4.74 Å². The van der Waals surface area contributed by atoms with Crippen LogP contribution in [0.3, 0.4) is 0 Å². The summed E-state index contributed by atoms with van der Waals surface area (Å²) in [4.78, 5) is 12.5. The minimum atomic E-state index is -0.542. The number of carbonyl (C=O) groups excluding carboxylic acids is 1. The second kappa shape index (κ2) is 7.61. The maximum absolute atomic E-state index is 12.5. The molecule has 0 spiro atoms. The van der Waals surface area contributed by atoms with Crippen LogP contribution in [0.2, 0.25) is 0 Å². The number of nitrogens with zero attached hydrogens (tertiary/aromatic N) is 1. The maximum Gasteiger partial charge on any atom is 0.178 e. The molecule has 24 heavy (non-hydrogen) atoms. The molecule has 0 fully saturated rings. The van der Waals surface area contributed by atoms with Gasteiger partial charge in [-0.3, -0.25) is 4.79 Å². The fourth-order valence-electron chi connectivity index (χ4n) is 2.13. The molecule has 0 saturated heterocycles. The number of carbonyl (C=O) groups is 1. The van der Waals surface area contributed by atoms with E-state index in [0.717, 1.165) is 11.3 Å². The van der Waals surface area contributed by atoms with Gasteiger partial charge in [0, 0.05) is 5.41 Å². The van der Waals surface area contributed by atoms with Crippen LogP contribution in [0, 0.1) is 16.7 Å². The molecule has 0 aliphatic carbocycles. The molecule has 2 rings (SSSR count). The monoisotopic (exact) mass is 319 g/mol. The Morgan fingerprint density at radius 3 is 2.42 bits per heavy atom. The molecule has 2 aromatic carbocycles. The van der Waals surface area contributed by atoms with Gasteiger partial charge in [-0.15, -0.1) is 0 Å². The summed E-state index contributed by atoms with van der Waals surface area (Å²) in [5, 5.41) is 9.35. The molecule has 0 bridgehead atoms. The highest BCUT2D eigenvalue weighted by atomic mass is 16.5. The minimum Gasteiger partial charge on any atom is -0.457 e. The minimum absolute atomic E-state index is 0.137. The zero-order valence-electron chi connectivity index (χ0n) is 14.2. The van der Waals surface area contributed by atoms with Gasteiger partial charge in [-0.1, -0.05) is 51.1 Å². The van der Waals surface area contributed by atoms with E-state index in [1.165, 1.54) is 0 Å². The van der Waals surface area contributed by atoms with Crippen molar-refractivity contribution in [3.63, 3.8) is 0 Å². The number of ketones is 1. The Hall–Kier alpha value is -2.86. The van der Waals surface area contributed by atoms with E-state index >= 15 is 0 Å². The van der Waals surface area contributed by atoms with Gasteiger partial charge >= 0.3 is 0 Å². The Morgan fingerprint density at radius 2 is 1.79 bits per heavy atom. The first-order valence-corrected chi connectivity index (χ1v) is 7.96. The quantitative estimate of drug-likeness (QED) is 0.529. The van der Waals surface area contributed by atoms with Gasteiger partial charge in [0.15, 0.2) is 5.78 Å². The summed E-state index contributed by atoms with van der Waals surface area (Å²) < 4.78 is 5.79. The molecule has 0 unspecified atom stereocenters. The molecule has 0 radical (unpaired) electrons. The molecule has 0 aromatic heterocycles. The summed E-state index contributed by atoms with van der Waals surface area (Å²) in [6.07, 6.45) is 2.31. The third kappa shape index (κ3) is 4.33. The summed E-state index contributed by atoms with van der Waals surface area (Å²) in [6, 6.07) is 18.8. The first-order chi connectivity index (χ1) is 11.5. The summed E-state index contributed by atoms with van der Waals surface area (Å²) >= 11 is 0. The lowest BCUT2D eigenvalue weighted by molar-refractivity contribution is -0.122. The molecule has 0 N–H and O–H groups in total. The van der Waals surface area contributed by atoms with Crippen molar-refractivity contribution in [2.24, 2.45) is 5.41 Å². The number of benzene rings is 2. The van der Waals surface area contributed by atoms with Gasteiger partial charge < -0.3 is 4.74 Å². The Morgan fingerprint density at radius 1 is 1.12 bits per heavy atom. The van der Waals surface area contributed by atoms with Crippen LogP contribution in [0.15, 0.2) is 60.2 Å². The van der Waals surface area contributed by atoms with E-state index in [9.17, 15) is 10.1 Å². The molecule has 2 aromatic rings. The fraction of sp³-hybridized carbons (Fsp3) is 0.238. The number of hydrogen-bond donors (Lipinski definition) is 0. The van der Waals surface area contributed by atoms with E-state index in [1.54, 1.807) is 6.08 Å². The van der Waals surface area contributed by atoms with Crippen molar-refractivity contribution in [1.82, 2.24) is 0 Å². The number of Topliss-reactive ketones (excluding diaryl/α,β-unsaturated/α-hetero) is 1. The lowest BCUT2D eigenvalue weighted by Crippen LogP contribution is -2.24. The number of hydrogen-bond acceptors (Lipinski definition) is 3. The standard InChI is InChI=1S/C21H21NO2/c1-4-21(2,3)20(23)17(15-22)13-16-9-8-12-19(14-16)24-18-10-6-5-7-11-18/h5-14H,4H2,1-3H3/b17-13+. The third-order valence-electron chi connectivity index (χ3n) is 4.01. The lowest BCUT2D eigenvalue weighted by atomic mass is 9.81. The largest absolute Gasteiger partial charge is 0.457 e. The van der Waals surface area contributed by atoms with E-state index in [-0.39, 0.29) is 11.4 Å². The van der Waals surface area contributed by atoms with Crippen LogP contribution in [-0.2, 0) is 4.79 Å². The molecule has 0 amide bonds. The molecule has 0 aliphatic rings. The SMILES string of the molecule is CCC(C)(C)C(=O)/C(C#N)=C/c1cccc(Oc2ccccc2)c1. The predicted octanol–water partition coefficient (Wildman–Crippen LogP) is 5.39. The molecule has 0 saturated carbocycles. The van der Waals surface area contributed by atoms with Gasteiger partial charge in [0.1, 0.15) is 17.6 Å². The second-order valence-corrected chi connectivity index (χ2v) is 6.22. The zero-order valence-corrected chi connectivity index (χ0v) is 14.2. The molecule has 3 heteroatoms. The average molecular weight is 319 g/mol. The Bertz CT molecular complexity index is 783. The van der Waals surface area contributed by atoms with Crippen LogP contribution in [0.4, 0.5) is 0 Å². The molecular weight excluding hydrogens is 298 g/mol. The first-order valence-electron chi connectivity index (χ1n) is 7.96. The van der Waals surface area contributed by atoms with Gasteiger partial charge in [-0.25, -0.2) is 0 Å². The van der Waals surface area contributed by atoms with Crippen molar-refractivity contribution >= 4 is 11.9 Å². The topological polar surface area (TPSA) is 50.1 Å². The van der Waals surface area contributed by atoms with E-state index in [0.29, 0.717) is 12.2 Å². The van der Waals surface area contributed by atoms with Crippen LogP contribution < -0.4 is 4.74 Å². The van der Waals surface area contributed by atoms with Crippen LogP contribution >= 0.6 is 0 Å². The molecule has 3 nitrogen and oxygen atoms in total. The highest BCUT2D eigenvalue weighted by Gasteiger charge is 2.28. The van der Waals surface area contributed by atoms with Crippen molar-refractivity contribution in [3.05, 3.63) is 65.7 Å². The Balaban J connectivity index is 2.27. The number of allylic oxidation sites excluding steroid dienone is 1. The summed E-state index contributed by atoms with van der Waals surface area (Å²) in [5.41, 5.74) is 0.388. The van der Waals surface area contributed by atoms with Crippen molar-refractivity contribution in [3.8, 4) is 17.6 Å². The van der Waals surface area contributed by atoms with E-state index < -0.39 is 5.41 Å². The number of nitriles is 1. The van der Waals surface area contributed by atoms with Gasteiger partial charge in [-0.2, -0.15) is 5.26 Å². The maximum atomic E-state index is 12.5. The van der Waals surface area contributed by atoms with Gasteiger partial charge in [0.05, 0.1) is 5.57 Å². The molecular formula is C21H21NO2.